The molecule has 102 valence electrons. The molecule has 4 nitrogen and oxygen atoms in total. The van der Waals surface area contributed by atoms with Crippen LogP contribution in [0.25, 0.3) is 0 Å². The number of ketones is 1. The zero-order chi connectivity index (χ0) is 14.7. The van der Waals surface area contributed by atoms with Gasteiger partial charge < -0.3 is 0 Å². The fraction of sp³-hybridized carbons (Fsp3) is 0.188. The Balaban J connectivity index is 2.29. The lowest BCUT2D eigenvalue weighted by Crippen LogP contribution is -2.06. The van der Waals surface area contributed by atoms with Crippen molar-refractivity contribution in [2.24, 2.45) is 0 Å². The predicted molar refractivity (Wildman–Crippen MR) is 77.0 cm³/mol. The molecule has 20 heavy (non-hydrogen) atoms. The number of rotatable bonds is 4. The second-order valence-electron chi connectivity index (χ2n) is 4.85. The van der Waals surface area contributed by atoms with E-state index in [0.717, 1.165) is 16.7 Å². The van der Waals surface area contributed by atoms with Crippen molar-refractivity contribution >= 4 is 11.5 Å². The minimum absolute atomic E-state index is 0.0526. The van der Waals surface area contributed by atoms with E-state index in [1.165, 1.54) is 12.1 Å². The van der Waals surface area contributed by atoms with Crippen LogP contribution in [0.1, 0.15) is 27.0 Å². The highest BCUT2D eigenvalue weighted by Gasteiger charge is 2.15. The first-order chi connectivity index (χ1) is 9.47. The molecule has 4 heteroatoms. The summed E-state index contributed by atoms with van der Waals surface area (Å²) in [5.41, 5.74) is 3.13. The fourth-order valence-corrected chi connectivity index (χ4v) is 2.13. The third-order valence-corrected chi connectivity index (χ3v) is 3.18. The van der Waals surface area contributed by atoms with Gasteiger partial charge in [0.05, 0.1) is 4.92 Å². The average molecular weight is 269 g/mol. The van der Waals surface area contributed by atoms with Crippen molar-refractivity contribution in [3.63, 3.8) is 0 Å². The molecular weight excluding hydrogens is 254 g/mol. The molecule has 0 aliphatic rings. The van der Waals surface area contributed by atoms with E-state index in [1.807, 2.05) is 31.2 Å². The molecule has 0 amide bonds. The number of hydrogen-bond donors (Lipinski definition) is 0. The molecule has 0 spiro atoms. The number of aryl methyl sites for hydroxylation is 2. The van der Waals surface area contributed by atoms with Gasteiger partial charge >= 0.3 is 0 Å². The van der Waals surface area contributed by atoms with E-state index in [4.69, 9.17) is 0 Å². The molecule has 0 N–H and O–H groups in total. The van der Waals surface area contributed by atoms with Crippen LogP contribution in [0.4, 0.5) is 5.69 Å². The van der Waals surface area contributed by atoms with Crippen molar-refractivity contribution in [2.45, 2.75) is 20.3 Å². The lowest BCUT2D eigenvalue weighted by atomic mass is 9.98. The Morgan fingerprint density at radius 3 is 2.55 bits per heavy atom. The first-order valence-electron chi connectivity index (χ1n) is 6.31. The van der Waals surface area contributed by atoms with Crippen LogP contribution in [-0.4, -0.2) is 10.7 Å². The highest BCUT2D eigenvalue weighted by Crippen LogP contribution is 2.19. The molecule has 0 saturated heterocycles. The second kappa shape index (κ2) is 5.65. The molecule has 0 unspecified atom stereocenters. The molecule has 0 aliphatic heterocycles. The maximum absolute atomic E-state index is 12.3. The third kappa shape index (κ3) is 3.09. The standard InChI is InChI=1S/C16H15NO3/c1-11-4-3-5-13(8-11)9-16(18)15-10-14(17(19)20)7-6-12(15)2/h3-8,10H,9H2,1-2H3. The van der Waals surface area contributed by atoms with Gasteiger partial charge in [-0.25, -0.2) is 0 Å². The Bertz CT molecular complexity index is 677. The van der Waals surface area contributed by atoms with Gasteiger partial charge in [0.25, 0.3) is 5.69 Å². The number of Topliss-reactive ketones (excluding diaryl/α,β-unsaturated/α-hetero) is 1. The number of nitrogens with zero attached hydrogens (tertiary/aromatic N) is 1. The summed E-state index contributed by atoms with van der Waals surface area (Å²) in [7, 11) is 0. The predicted octanol–water partition coefficient (Wildman–Crippen LogP) is 3.64. The summed E-state index contributed by atoms with van der Waals surface area (Å²) >= 11 is 0. The molecule has 0 fully saturated rings. The molecule has 0 heterocycles. The van der Waals surface area contributed by atoms with E-state index in [1.54, 1.807) is 13.0 Å². The van der Waals surface area contributed by atoms with Crippen LogP contribution in [0.15, 0.2) is 42.5 Å². The second-order valence-corrected chi connectivity index (χ2v) is 4.85. The number of carbonyl (C=O) groups excluding carboxylic acids is 1. The van der Waals surface area contributed by atoms with Gasteiger partial charge in [0, 0.05) is 24.1 Å². The molecule has 0 saturated carbocycles. The Kier molecular flexibility index (Phi) is 3.94. The van der Waals surface area contributed by atoms with Crippen molar-refractivity contribution in [1.82, 2.24) is 0 Å². The van der Waals surface area contributed by atoms with Gasteiger partial charge in [-0.15, -0.1) is 0 Å². The first kappa shape index (κ1) is 13.9. The van der Waals surface area contributed by atoms with Crippen molar-refractivity contribution in [2.75, 3.05) is 0 Å². The highest BCUT2D eigenvalue weighted by atomic mass is 16.6. The third-order valence-electron chi connectivity index (χ3n) is 3.18. The zero-order valence-electron chi connectivity index (χ0n) is 11.4. The van der Waals surface area contributed by atoms with Crippen LogP contribution in [0.3, 0.4) is 0 Å². The van der Waals surface area contributed by atoms with Crippen LogP contribution in [0.2, 0.25) is 0 Å². The molecule has 0 bridgehead atoms. The smallest absolute Gasteiger partial charge is 0.270 e. The van der Waals surface area contributed by atoms with Crippen LogP contribution in [0, 0.1) is 24.0 Å². The maximum Gasteiger partial charge on any atom is 0.270 e. The summed E-state index contributed by atoms with van der Waals surface area (Å²) in [6, 6.07) is 12.1. The largest absolute Gasteiger partial charge is 0.294 e. The van der Waals surface area contributed by atoms with Crippen LogP contribution < -0.4 is 0 Å². The van der Waals surface area contributed by atoms with Crippen LogP contribution in [-0.2, 0) is 6.42 Å². The van der Waals surface area contributed by atoms with Gasteiger partial charge in [-0.2, -0.15) is 0 Å². The van der Waals surface area contributed by atoms with Gasteiger partial charge in [-0.1, -0.05) is 35.9 Å². The number of nitro benzene ring substituents is 1. The van der Waals surface area contributed by atoms with Gasteiger partial charge in [-0.05, 0) is 25.0 Å². The van der Waals surface area contributed by atoms with Crippen molar-refractivity contribution in [3.8, 4) is 0 Å². The Morgan fingerprint density at radius 2 is 1.90 bits per heavy atom. The van der Waals surface area contributed by atoms with E-state index in [0.29, 0.717) is 5.56 Å². The number of carbonyl (C=O) groups is 1. The molecule has 2 rings (SSSR count). The summed E-state index contributed by atoms with van der Waals surface area (Å²) in [5, 5.41) is 10.8. The quantitative estimate of drug-likeness (QED) is 0.483. The SMILES string of the molecule is Cc1cccc(CC(=O)c2cc([N+](=O)[O-])ccc2C)c1. The minimum atomic E-state index is -0.483. The molecule has 2 aromatic rings. The number of hydrogen-bond acceptors (Lipinski definition) is 3. The Labute approximate surface area is 117 Å². The summed E-state index contributed by atoms with van der Waals surface area (Å²) < 4.78 is 0. The summed E-state index contributed by atoms with van der Waals surface area (Å²) in [6.07, 6.45) is 0.254. The lowest BCUT2D eigenvalue weighted by Gasteiger charge is -2.06. The minimum Gasteiger partial charge on any atom is -0.294 e. The van der Waals surface area contributed by atoms with Gasteiger partial charge in [-0.3, -0.25) is 14.9 Å². The molecule has 2 aromatic carbocycles. The van der Waals surface area contributed by atoms with Crippen molar-refractivity contribution in [3.05, 3.63) is 74.8 Å². The molecule has 0 aromatic heterocycles. The average Bonchev–Trinajstić information content (AvgIpc) is 2.38. The summed E-state index contributed by atoms with van der Waals surface area (Å²) in [6.45, 7) is 3.75. The Morgan fingerprint density at radius 1 is 1.15 bits per heavy atom. The first-order valence-corrected chi connectivity index (χ1v) is 6.31. The molecule has 0 radical (unpaired) electrons. The normalized spacial score (nSPS) is 10.3. The van der Waals surface area contributed by atoms with Gasteiger partial charge in [0.2, 0.25) is 0 Å². The molecular formula is C16H15NO3. The number of non-ortho nitro benzene ring substituents is 1. The monoisotopic (exact) mass is 269 g/mol. The summed E-state index contributed by atoms with van der Waals surface area (Å²) in [4.78, 5) is 22.6. The zero-order valence-corrected chi connectivity index (χ0v) is 11.4. The van der Waals surface area contributed by atoms with E-state index >= 15 is 0 Å². The van der Waals surface area contributed by atoms with Gasteiger partial charge in [0.1, 0.15) is 0 Å². The number of nitro groups is 1. The number of benzene rings is 2. The summed E-state index contributed by atoms with van der Waals surface area (Å²) in [5.74, 6) is -0.100. The highest BCUT2D eigenvalue weighted by molar-refractivity contribution is 5.99. The van der Waals surface area contributed by atoms with E-state index in [-0.39, 0.29) is 17.9 Å². The van der Waals surface area contributed by atoms with E-state index < -0.39 is 4.92 Å². The van der Waals surface area contributed by atoms with Gasteiger partial charge in [0.15, 0.2) is 5.78 Å². The van der Waals surface area contributed by atoms with Crippen LogP contribution in [0.5, 0.6) is 0 Å². The lowest BCUT2D eigenvalue weighted by molar-refractivity contribution is -0.384. The van der Waals surface area contributed by atoms with E-state index in [2.05, 4.69) is 0 Å². The topological polar surface area (TPSA) is 60.2 Å². The Hall–Kier alpha value is -2.49. The van der Waals surface area contributed by atoms with Crippen LogP contribution >= 0.6 is 0 Å². The fourth-order valence-electron chi connectivity index (χ4n) is 2.13. The van der Waals surface area contributed by atoms with Crippen molar-refractivity contribution in [1.29, 1.82) is 0 Å². The molecule has 0 aliphatic carbocycles. The molecule has 0 atom stereocenters. The van der Waals surface area contributed by atoms with Crippen molar-refractivity contribution < 1.29 is 9.72 Å². The van der Waals surface area contributed by atoms with E-state index in [9.17, 15) is 14.9 Å². The maximum atomic E-state index is 12.3.